The topological polar surface area (TPSA) is 66.5 Å². The molecule has 0 atom stereocenters. The molecule has 5 heteroatoms. The fourth-order valence-electron chi connectivity index (χ4n) is 0.908. The number of H-pyrrole nitrogens is 1. The number of hydrazone groups is 1. The molecular formula is C9H13N3O2. The van der Waals surface area contributed by atoms with Gasteiger partial charge < -0.3 is 9.72 Å². The molecule has 0 fully saturated rings. The second-order valence-electron chi connectivity index (χ2n) is 2.61. The Hall–Kier alpha value is -1.78. The molecule has 0 saturated heterocycles. The number of hydrogen-bond donors (Lipinski definition) is 2. The van der Waals surface area contributed by atoms with Crippen molar-refractivity contribution in [3.63, 3.8) is 0 Å². The highest BCUT2D eigenvalue weighted by Gasteiger charge is 2.00. The lowest BCUT2D eigenvalue weighted by atomic mass is 10.3. The number of nitrogens with one attached hydrogen (secondary N) is 2. The van der Waals surface area contributed by atoms with Crippen molar-refractivity contribution in [3.8, 4) is 0 Å². The molecule has 2 N–H and O–H groups in total. The molecule has 0 aliphatic carbocycles. The van der Waals surface area contributed by atoms with Crippen LogP contribution in [-0.4, -0.2) is 23.4 Å². The highest BCUT2D eigenvalue weighted by Crippen LogP contribution is 1.95. The Kier molecular flexibility index (Phi) is 3.72. The normalized spacial score (nSPS) is 11.1. The van der Waals surface area contributed by atoms with Crippen molar-refractivity contribution in [2.75, 3.05) is 6.61 Å². The van der Waals surface area contributed by atoms with E-state index < -0.39 is 6.09 Å². The molecule has 1 rings (SSSR count). The highest BCUT2D eigenvalue weighted by atomic mass is 16.5. The van der Waals surface area contributed by atoms with E-state index in [-0.39, 0.29) is 0 Å². The molecular weight excluding hydrogens is 182 g/mol. The van der Waals surface area contributed by atoms with Crippen molar-refractivity contribution in [2.45, 2.75) is 13.8 Å². The second-order valence-corrected chi connectivity index (χ2v) is 2.61. The SMILES string of the molecule is CCOC(=O)NN=C(C)c1ccc[nH]1. The maximum absolute atomic E-state index is 10.9. The largest absolute Gasteiger partial charge is 0.449 e. The first kappa shape index (κ1) is 10.3. The first-order chi connectivity index (χ1) is 6.74. The Balaban J connectivity index is 2.49. The lowest BCUT2D eigenvalue weighted by Crippen LogP contribution is -2.20. The van der Waals surface area contributed by atoms with E-state index in [0.29, 0.717) is 12.3 Å². The molecule has 1 aromatic heterocycles. The number of nitrogens with zero attached hydrogens (tertiary/aromatic N) is 1. The molecule has 0 bridgehead atoms. The lowest BCUT2D eigenvalue weighted by Gasteiger charge is -2.00. The van der Waals surface area contributed by atoms with Crippen molar-refractivity contribution in [1.82, 2.24) is 10.4 Å². The fraction of sp³-hybridized carbons (Fsp3) is 0.333. The van der Waals surface area contributed by atoms with Crippen LogP contribution in [0.1, 0.15) is 19.5 Å². The summed E-state index contributed by atoms with van der Waals surface area (Å²) >= 11 is 0. The summed E-state index contributed by atoms with van der Waals surface area (Å²) in [5, 5.41) is 3.85. The van der Waals surface area contributed by atoms with E-state index in [9.17, 15) is 4.79 Å². The quantitative estimate of drug-likeness (QED) is 0.566. The highest BCUT2D eigenvalue weighted by molar-refractivity contribution is 5.97. The summed E-state index contributed by atoms with van der Waals surface area (Å²) in [5.41, 5.74) is 3.84. The van der Waals surface area contributed by atoms with Crippen LogP contribution in [0.15, 0.2) is 23.4 Å². The van der Waals surface area contributed by atoms with Crippen LogP contribution < -0.4 is 5.43 Å². The van der Waals surface area contributed by atoms with Gasteiger partial charge in [-0.1, -0.05) is 0 Å². The number of ether oxygens (including phenoxy) is 1. The van der Waals surface area contributed by atoms with Gasteiger partial charge in [0.25, 0.3) is 0 Å². The molecule has 1 amide bonds. The summed E-state index contributed by atoms with van der Waals surface area (Å²) in [5.74, 6) is 0. The second kappa shape index (κ2) is 5.06. The van der Waals surface area contributed by atoms with E-state index in [1.54, 1.807) is 20.0 Å². The van der Waals surface area contributed by atoms with Crippen molar-refractivity contribution < 1.29 is 9.53 Å². The molecule has 0 aliphatic heterocycles. The van der Waals surface area contributed by atoms with Gasteiger partial charge in [0.15, 0.2) is 0 Å². The van der Waals surface area contributed by atoms with E-state index in [0.717, 1.165) is 5.69 Å². The van der Waals surface area contributed by atoms with Gasteiger partial charge in [0, 0.05) is 6.20 Å². The Labute approximate surface area is 82.2 Å². The molecule has 14 heavy (non-hydrogen) atoms. The third kappa shape index (κ3) is 2.93. The molecule has 0 unspecified atom stereocenters. The molecule has 0 saturated carbocycles. The molecule has 0 radical (unpaired) electrons. The van der Waals surface area contributed by atoms with E-state index in [1.165, 1.54) is 0 Å². The minimum atomic E-state index is -0.543. The minimum Gasteiger partial charge on any atom is -0.449 e. The third-order valence-corrected chi connectivity index (χ3v) is 1.58. The van der Waals surface area contributed by atoms with Gasteiger partial charge in [-0.2, -0.15) is 5.10 Å². The van der Waals surface area contributed by atoms with Crippen LogP contribution in [0.4, 0.5) is 4.79 Å². The summed E-state index contributed by atoms with van der Waals surface area (Å²) in [7, 11) is 0. The van der Waals surface area contributed by atoms with Crippen LogP contribution in [0, 0.1) is 0 Å². The van der Waals surface area contributed by atoms with Crippen LogP contribution in [-0.2, 0) is 4.74 Å². The van der Waals surface area contributed by atoms with E-state index in [4.69, 9.17) is 0 Å². The number of hydrogen-bond acceptors (Lipinski definition) is 3. The Morgan fingerprint density at radius 1 is 1.71 bits per heavy atom. The van der Waals surface area contributed by atoms with Crippen molar-refractivity contribution in [1.29, 1.82) is 0 Å². The van der Waals surface area contributed by atoms with Gasteiger partial charge in [-0.15, -0.1) is 0 Å². The molecule has 0 aliphatic rings. The standard InChI is InChI=1S/C9H13N3O2/c1-3-14-9(13)12-11-7(2)8-5-4-6-10-8/h4-6,10H,3H2,1-2H3,(H,12,13). The molecule has 1 aromatic rings. The van der Waals surface area contributed by atoms with Gasteiger partial charge in [0.2, 0.25) is 0 Å². The maximum atomic E-state index is 10.9. The number of aromatic amines is 1. The Morgan fingerprint density at radius 3 is 3.07 bits per heavy atom. The first-order valence-electron chi connectivity index (χ1n) is 4.35. The third-order valence-electron chi connectivity index (χ3n) is 1.58. The van der Waals surface area contributed by atoms with Crippen molar-refractivity contribution in [3.05, 3.63) is 24.0 Å². The van der Waals surface area contributed by atoms with Crippen LogP contribution in [0.25, 0.3) is 0 Å². The van der Waals surface area contributed by atoms with Gasteiger partial charge >= 0.3 is 6.09 Å². The van der Waals surface area contributed by atoms with Gasteiger partial charge in [-0.25, -0.2) is 10.2 Å². The maximum Gasteiger partial charge on any atom is 0.427 e. The molecule has 0 aromatic carbocycles. The zero-order valence-corrected chi connectivity index (χ0v) is 8.20. The zero-order chi connectivity index (χ0) is 10.4. The van der Waals surface area contributed by atoms with E-state index in [1.807, 2.05) is 12.1 Å². The predicted molar refractivity (Wildman–Crippen MR) is 53.2 cm³/mol. The number of carbonyl (C=O) groups excluding carboxylic acids is 1. The number of rotatable bonds is 3. The monoisotopic (exact) mass is 195 g/mol. The average molecular weight is 195 g/mol. The van der Waals surface area contributed by atoms with Gasteiger partial charge in [-0.3, -0.25) is 0 Å². The number of amides is 1. The summed E-state index contributed by atoms with van der Waals surface area (Å²) in [6.07, 6.45) is 1.25. The van der Waals surface area contributed by atoms with Gasteiger partial charge in [0.1, 0.15) is 0 Å². The van der Waals surface area contributed by atoms with Crippen LogP contribution in [0.3, 0.4) is 0 Å². The minimum absolute atomic E-state index is 0.336. The Bertz CT molecular complexity index is 317. The first-order valence-corrected chi connectivity index (χ1v) is 4.35. The van der Waals surface area contributed by atoms with Gasteiger partial charge in [0.05, 0.1) is 18.0 Å². The smallest absolute Gasteiger partial charge is 0.427 e. The predicted octanol–water partition coefficient (Wildman–Crippen LogP) is 1.48. The average Bonchev–Trinajstić information content (AvgIpc) is 2.67. The Morgan fingerprint density at radius 2 is 2.50 bits per heavy atom. The van der Waals surface area contributed by atoms with Crippen LogP contribution in [0.2, 0.25) is 0 Å². The van der Waals surface area contributed by atoms with Crippen molar-refractivity contribution in [2.24, 2.45) is 5.10 Å². The summed E-state index contributed by atoms with van der Waals surface area (Å²) in [6.45, 7) is 3.86. The summed E-state index contributed by atoms with van der Waals surface area (Å²) in [6, 6.07) is 3.73. The van der Waals surface area contributed by atoms with E-state index >= 15 is 0 Å². The summed E-state index contributed by atoms with van der Waals surface area (Å²) in [4.78, 5) is 13.8. The van der Waals surface area contributed by atoms with Crippen LogP contribution >= 0.6 is 0 Å². The molecule has 76 valence electrons. The fourth-order valence-corrected chi connectivity index (χ4v) is 0.908. The molecule has 0 spiro atoms. The van der Waals surface area contributed by atoms with Crippen molar-refractivity contribution >= 4 is 11.8 Å². The van der Waals surface area contributed by atoms with Crippen LogP contribution in [0.5, 0.6) is 0 Å². The molecule has 5 nitrogen and oxygen atoms in total. The number of carbonyl (C=O) groups is 1. The van der Waals surface area contributed by atoms with Gasteiger partial charge in [-0.05, 0) is 26.0 Å². The molecule has 1 heterocycles. The number of aromatic nitrogens is 1. The lowest BCUT2D eigenvalue weighted by molar-refractivity contribution is 0.152. The summed E-state index contributed by atoms with van der Waals surface area (Å²) < 4.78 is 4.64. The zero-order valence-electron chi connectivity index (χ0n) is 8.20. The van der Waals surface area contributed by atoms with E-state index in [2.05, 4.69) is 20.2 Å².